The van der Waals surface area contributed by atoms with Gasteiger partial charge in [-0.1, -0.05) is 54.5 Å². The molecule has 0 saturated heterocycles. The van der Waals surface area contributed by atoms with Crippen molar-refractivity contribution >= 4 is 0 Å². The number of likely N-dealkylation sites (N-methyl/N-ethyl adjacent to an activating group) is 1. The molecule has 2 aromatic carbocycles. The molecular weight excluding hydrogens is 246 g/mol. The van der Waals surface area contributed by atoms with E-state index in [4.69, 9.17) is 21.2 Å². The summed E-state index contributed by atoms with van der Waals surface area (Å²) in [5.41, 5.74) is 0.448. The maximum absolute atomic E-state index is 8.32. The summed E-state index contributed by atoms with van der Waals surface area (Å²) in [5, 5.41) is 0. The fourth-order valence-electron chi connectivity index (χ4n) is 1.75. The van der Waals surface area contributed by atoms with Crippen molar-refractivity contribution in [1.82, 2.24) is 4.90 Å². The van der Waals surface area contributed by atoms with Crippen LogP contribution in [0.15, 0.2) is 54.5 Å². The fraction of sp³-hybridized carbons (Fsp3) is 0.333. The minimum atomic E-state index is -3.13. The van der Waals surface area contributed by atoms with E-state index in [-0.39, 0.29) is 22.1 Å². The summed E-state index contributed by atoms with van der Waals surface area (Å²) in [5.74, 6) is 0. The Labute approximate surface area is 138 Å². The summed E-state index contributed by atoms with van der Waals surface area (Å²) < 4.78 is 99.1. The van der Waals surface area contributed by atoms with Gasteiger partial charge in [0.2, 0.25) is 0 Å². The van der Waals surface area contributed by atoms with Gasteiger partial charge in [-0.2, -0.15) is 0 Å². The topological polar surface area (TPSA) is 12.5 Å². The van der Waals surface area contributed by atoms with Crippen LogP contribution in [0.3, 0.4) is 0 Å². The molecule has 1 atom stereocenters. The van der Waals surface area contributed by atoms with Gasteiger partial charge >= 0.3 is 0 Å². The zero-order valence-corrected chi connectivity index (χ0v) is 11.0. The molecule has 1 unspecified atom stereocenters. The van der Waals surface area contributed by atoms with Crippen LogP contribution in [0.4, 0.5) is 0 Å². The van der Waals surface area contributed by atoms with Crippen LogP contribution < -0.4 is 0 Å². The first kappa shape index (κ1) is 5.63. The number of hydrogen-bond donors (Lipinski definition) is 0. The van der Waals surface area contributed by atoms with Crippen LogP contribution in [0.2, 0.25) is 0 Å². The molecule has 106 valence electrons. The molecule has 0 aliphatic rings. The van der Waals surface area contributed by atoms with Gasteiger partial charge in [-0.15, -0.1) is 0 Å². The molecule has 2 nitrogen and oxygen atoms in total. The van der Waals surface area contributed by atoms with Crippen LogP contribution in [-0.2, 0) is 4.74 Å². The Morgan fingerprint density at radius 2 is 2.00 bits per heavy atom. The van der Waals surface area contributed by atoms with E-state index in [0.29, 0.717) is 5.56 Å². The standard InChI is InChI=1S/C18H23NO/c1-15-9-7-8-12-17(15)18(20-14-13-19(2)3)16-10-5-4-6-11-16/h4-12,18H,13-14H2,1-3H3/i2D3,3D3,7D,8D,9D,12D,14D2. The van der Waals surface area contributed by atoms with Crippen molar-refractivity contribution in [3.05, 3.63) is 71.2 Å². The van der Waals surface area contributed by atoms with Crippen molar-refractivity contribution in [1.29, 1.82) is 0 Å². The van der Waals surface area contributed by atoms with Crippen molar-refractivity contribution in [3.63, 3.8) is 0 Å². The van der Waals surface area contributed by atoms with Crippen molar-refractivity contribution < 1.29 is 21.2 Å². The number of hydrogen-bond acceptors (Lipinski definition) is 2. The molecule has 2 rings (SSSR count). The molecule has 0 saturated carbocycles. The maximum Gasteiger partial charge on any atom is 0.108 e. The first-order valence-corrected chi connectivity index (χ1v) is 6.04. The third-order valence-electron chi connectivity index (χ3n) is 2.70. The second-order valence-electron chi connectivity index (χ2n) is 4.18. The lowest BCUT2D eigenvalue weighted by molar-refractivity contribution is 0.0683. The Morgan fingerprint density at radius 3 is 2.75 bits per heavy atom. The highest BCUT2D eigenvalue weighted by Gasteiger charge is 2.16. The van der Waals surface area contributed by atoms with Gasteiger partial charge in [-0.25, -0.2) is 0 Å². The van der Waals surface area contributed by atoms with E-state index in [1.54, 1.807) is 30.3 Å². The van der Waals surface area contributed by atoms with Gasteiger partial charge in [-0.05, 0) is 37.6 Å². The molecule has 0 aliphatic carbocycles. The van der Waals surface area contributed by atoms with E-state index in [1.807, 2.05) is 0 Å². The van der Waals surface area contributed by atoms with Gasteiger partial charge < -0.3 is 9.64 Å². The summed E-state index contributed by atoms with van der Waals surface area (Å²) in [6.45, 7) is -8.76. The molecule has 0 spiro atoms. The highest BCUT2D eigenvalue weighted by atomic mass is 16.5. The average molecular weight is 281 g/mol. The molecule has 0 amide bonds. The zero-order chi connectivity index (χ0) is 24.6. The summed E-state index contributed by atoms with van der Waals surface area (Å²) >= 11 is 0. The van der Waals surface area contributed by atoms with Crippen LogP contribution in [-0.4, -0.2) is 32.0 Å². The molecule has 0 bridgehead atoms. The Balaban J connectivity index is 2.60. The highest BCUT2D eigenvalue weighted by Crippen LogP contribution is 2.28. The van der Waals surface area contributed by atoms with Crippen LogP contribution in [0.25, 0.3) is 0 Å². The predicted molar refractivity (Wildman–Crippen MR) is 84.0 cm³/mol. The normalized spacial score (nSPS) is 23.3. The van der Waals surface area contributed by atoms with Crippen LogP contribution in [0.5, 0.6) is 0 Å². The second kappa shape index (κ2) is 7.22. The van der Waals surface area contributed by atoms with Crippen molar-refractivity contribution in [2.24, 2.45) is 0 Å². The summed E-state index contributed by atoms with van der Waals surface area (Å²) in [6, 6.07) is 6.31. The van der Waals surface area contributed by atoms with E-state index in [1.165, 1.54) is 6.92 Å². The Hall–Kier alpha value is -1.64. The lowest BCUT2D eigenvalue weighted by Gasteiger charge is -2.22. The smallest absolute Gasteiger partial charge is 0.108 e. The van der Waals surface area contributed by atoms with Crippen LogP contribution in [0.1, 0.15) is 39.2 Å². The molecule has 20 heavy (non-hydrogen) atoms. The van der Waals surface area contributed by atoms with Crippen molar-refractivity contribution in [3.8, 4) is 0 Å². The summed E-state index contributed by atoms with van der Waals surface area (Å²) in [4.78, 5) is 0.0370. The monoisotopic (exact) mass is 281 g/mol. The minimum Gasteiger partial charge on any atom is -0.367 e. The average Bonchev–Trinajstić information content (AvgIpc) is 2.67. The lowest BCUT2D eigenvalue weighted by atomic mass is 9.97. The molecule has 2 aromatic rings. The maximum atomic E-state index is 8.32. The number of ether oxygens (including phenoxy) is 1. The number of rotatable bonds is 6. The summed E-state index contributed by atoms with van der Waals surface area (Å²) in [7, 11) is 0. The SMILES string of the molecule is [2H]c1c([2H])c([2H])c(C(OC([2H])([2H])CN(C([2H])([2H])[2H])C([2H])([2H])[2H])c2ccccc2)c(C)c1[2H]. The van der Waals surface area contributed by atoms with Gasteiger partial charge in [-0.3, -0.25) is 0 Å². The minimum absolute atomic E-state index is 0.0274. The van der Waals surface area contributed by atoms with E-state index in [0.717, 1.165) is 0 Å². The highest BCUT2D eigenvalue weighted by molar-refractivity contribution is 5.35. The Bertz CT molecular complexity index is 912. The molecular formula is C18H23NO. The third kappa shape index (κ3) is 3.92. The quantitative estimate of drug-likeness (QED) is 0.801. The van der Waals surface area contributed by atoms with Crippen molar-refractivity contribution in [2.45, 2.75) is 13.0 Å². The van der Waals surface area contributed by atoms with E-state index < -0.39 is 51.3 Å². The van der Waals surface area contributed by atoms with Gasteiger partial charge in [0.1, 0.15) is 6.10 Å². The third-order valence-corrected chi connectivity index (χ3v) is 2.70. The Morgan fingerprint density at radius 1 is 1.25 bits per heavy atom. The van der Waals surface area contributed by atoms with Gasteiger partial charge in [0, 0.05) is 14.8 Å². The molecule has 0 N–H and O–H groups in total. The number of nitrogens with zero attached hydrogens (tertiary/aromatic N) is 1. The molecule has 0 aromatic heterocycles. The Kier molecular flexibility index (Phi) is 2.03. The predicted octanol–water partition coefficient (Wildman–Crippen LogP) is 3.66. The fourth-order valence-corrected chi connectivity index (χ4v) is 1.75. The lowest BCUT2D eigenvalue weighted by Crippen LogP contribution is -2.20. The zero-order valence-electron chi connectivity index (χ0n) is 23.0. The summed E-state index contributed by atoms with van der Waals surface area (Å²) in [6.07, 6.45) is -1.36. The van der Waals surface area contributed by atoms with Gasteiger partial charge in [0.25, 0.3) is 0 Å². The van der Waals surface area contributed by atoms with Crippen molar-refractivity contribution in [2.75, 3.05) is 27.1 Å². The van der Waals surface area contributed by atoms with Gasteiger partial charge in [0.15, 0.2) is 0 Å². The first-order valence-electron chi connectivity index (χ1n) is 12.0. The molecule has 0 heterocycles. The molecule has 0 aliphatic heterocycles. The largest absolute Gasteiger partial charge is 0.367 e. The molecule has 0 radical (unpaired) electrons. The molecule has 2 heteroatoms. The van der Waals surface area contributed by atoms with E-state index in [2.05, 4.69) is 0 Å². The first-order chi connectivity index (χ1) is 14.5. The number of benzene rings is 2. The molecule has 0 fully saturated rings. The van der Waals surface area contributed by atoms with Crippen LogP contribution in [0, 0.1) is 6.92 Å². The second-order valence-corrected chi connectivity index (χ2v) is 4.18. The van der Waals surface area contributed by atoms with Crippen LogP contribution >= 0.6 is 0 Å². The van der Waals surface area contributed by atoms with E-state index in [9.17, 15) is 0 Å². The van der Waals surface area contributed by atoms with E-state index >= 15 is 0 Å². The van der Waals surface area contributed by atoms with Gasteiger partial charge in [0.05, 0.1) is 14.8 Å².